The van der Waals surface area contributed by atoms with Crippen LogP contribution in [0.2, 0.25) is 0 Å². The van der Waals surface area contributed by atoms with Crippen molar-refractivity contribution < 1.29 is 18.8 Å². The molecule has 2 N–H and O–H groups in total. The molecular formula is C31H29FN6O4. The Kier molecular flexibility index (Phi) is 7.49. The molecule has 6 rings (SSSR count). The Balaban J connectivity index is 1.13. The van der Waals surface area contributed by atoms with E-state index >= 15 is 0 Å². The molecule has 4 amide bonds. The van der Waals surface area contributed by atoms with Gasteiger partial charge in [0.15, 0.2) is 0 Å². The van der Waals surface area contributed by atoms with Gasteiger partial charge in [-0.05, 0) is 35.4 Å². The monoisotopic (exact) mass is 568 g/mol. The van der Waals surface area contributed by atoms with Crippen molar-refractivity contribution in [2.45, 2.75) is 19.4 Å². The summed E-state index contributed by atoms with van der Waals surface area (Å²) >= 11 is 0. The minimum atomic E-state index is -0.585. The Hall–Kier alpha value is -4.90. The van der Waals surface area contributed by atoms with Crippen LogP contribution in [0.5, 0.6) is 0 Å². The Morgan fingerprint density at radius 2 is 1.62 bits per heavy atom. The van der Waals surface area contributed by atoms with Crippen LogP contribution in [0.15, 0.2) is 71.5 Å². The maximum Gasteiger partial charge on any atom is 0.328 e. The van der Waals surface area contributed by atoms with E-state index in [1.54, 1.807) is 34.1 Å². The number of H-pyrrole nitrogens is 1. The standard InChI is InChI=1S/C31H29FN6O4/c32-25-10-9-20(18-26-22-6-2-3-7-23(22)29(40)35-34-26)17-24(25)30(41)37-15-13-36(14-16-37)19-21-5-1-4-8-27(21)38-12-11-28(39)33-31(38)42/h1-10,17H,11-16,18-19H2,(H,35,40)(H,33,39,42). The van der Waals surface area contributed by atoms with Crippen molar-refractivity contribution in [1.82, 2.24) is 25.3 Å². The van der Waals surface area contributed by atoms with Crippen molar-refractivity contribution in [2.75, 3.05) is 37.6 Å². The highest BCUT2D eigenvalue weighted by Crippen LogP contribution is 2.25. The molecule has 0 bridgehead atoms. The lowest BCUT2D eigenvalue weighted by Gasteiger charge is -2.36. The van der Waals surface area contributed by atoms with Crippen molar-refractivity contribution >= 4 is 34.3 Å². The van der Waals surface area contributed by atoms with E-state index in [0.29, 0.717) is 67.7 Å². The van der Waals surface area contributed by atoms with Gasteiger partial charge in [0, 0.05) is 63.2 Å². The highest BCUT2D eigenvalue weighted by Gasteiger charge is 2.28. The summed E-state index contributed by atoms with van der Waals surface area (Å²) in [7, 11) is 0. The van der Waals surface area contributed by atoms with Crippen LogP contribution in [-0.4, -0.2) is 70.6 Å². The van der Waals surface area contributed by atoms with Crippen LogP contribution in [0.1, 0.15) is 33.6 Å². The number of carbonyl (C=O) groups is 3. The third kappa shape index (κ3) is 5.51. The second kappa shape index (κ2) is 11.5. The molecule has 4 aromatic rings. The Morgan fingerprint density at radius 1 is 0.881 bits per heavy atom. The third-order valence-electron chi connectivity index (χ3n) is 7.80. The van der Waals surface area contributed by atoms with E-state index < -0.39 is 11.8 Å². The number of amides is 4. The lowest BCUT2D eigenvalue weighted by Crippen LogP contribution is -2.50. The maximum atomic E-state index is 14.9. The fraction of sp³-hybridized carbons (Fsp3) is 0.258. The third-order valence-corrected chi connectivity index (χ3v) is 7.80. The summed E-state index contributed by atoms with van der Waals surface area (Å²) in [4.78, 5) is 55.0. The molecule has 3 aromatic carbocycles. The number of hydrogen-bond donors (Lipinski definition) is 2. The number of para-hydroxylation sites is 1. The molecule has 0 aliphatic carbocycles. The Labute approximate surface area is 240 Å². The number of urea groups is 1. The predicted octanol–water partition coefficient (Wildman–Crippen LogP) is 3.06. The molecule has 0 atom stereocenters. The smallest absolute Gasteiger partial charge is 0.328 e. The van der Waals surface area contributed by atoms with Gasteiger partial charge in [0.1, 0.15) is 5.82 Å². The number of halogens is 1. The summed E-state index contributed by atoms with van der Waals surface area (Å²) in [5.74, 6) is -1.24. The number of aromatic nitrogens is 2. The average molecular weight is 569 g/mol. The van der Waals surface area contributed by atoms with Crippen LogP contribution in [0.4, 0.5) is 14.9 Å². The normalized spacial score (nSPS) is 16.1. The van der Waals surface area contributed by atoms with Crippen molar-refractivity contribution in [3.05, 3.63) is 105 Å². The van der Waals surface area contributed by atoms with Gasteiger partial charge in [-0.25, -0.2) is 14.3 Å². The number of carbonyl (C=O) groups excluding carboxylic acids is 3. The van der Waals surface area contributed by atoms with E-state index in [2.05, 4.69) is 20.4 Å². The van der Waals surface area contributed by atoms with E-state index in [1.807, 2.05) is 36.4 Å². The number of benzene rings is 3. The minimum Gasteiger partial charge on any atom is -0.336 e. The van der Waals surface area contributed by atoms with Crippen molar-refractivity contribution in [3.8, 4) is 0 Å². The van der Waals surface area contributed by atoms with Gasteiger partial charge in [-0.15, -0.1) is 0 Å². The van der Waals surface area contributed by atoms with Crippen molar-refractivity contribution in [1.29, 1.82) is 0 Å². The van der Waals surface area contributed by atoms with Crippen LogP contribution in [-0.2, 0) is 17.8 Å². The fourth-order valence-electron chi connectivity index (χ4n) is 5.57. The largest absolute Gasteiger partial charge is 0.336 e. The number of nitrogens with one attached hydrogen (secondary N) is 2. The number of imide groups is 1. The highest BCUT2D eigenvalue weighted by atomic mass is 19.1. The fourth-order valence-corrected chi connectivity index (χ4v) is 5.57. The molecule has 0 unspecified atom stereocenters. The van der Waals surface area contributed by atoms with E-state index in [4.69, 9.17) is 0 Å². The number of rotatable bonds is 6. The maximum absolute atomic E-state index is 14.9. The molecule has 0 saturated carbocycles. The zero-order valence-electron chi connectivity index (χ0n) is 22.8. The number of aromatic amines is 1. The molecule has 0 radical (unpaired) electrons. The number of anilines is 1. The van der Waals surface area contributed by atoms with E-state index in [1.165, 1.54) is 6.07 Å². The summed E-state index contributed by atoms with van der Waals surface area (Å²) in [6, 6.07) is 18.8. The van der Waals surface area contributed by atoms with Crippen molar-refractivity contribution in [2.24, 2.45) is 0 Å². The van der Waals surface area contributed by atoms with E-state index in [9.17, 15) is 23.6 Å². The summed E-state index contributed by atoms with van der Waals surface area (Å²) in [5, 5.41) is 10.3. The Morgan fingerprint density at radius 3 is 2.40 bits per heavy atom. The van der Waals surface area contributed by atoms with Gasteiger partial charge >= 0.3 is 6.03 Å². The van der Waals surface area contributed by atoms with Gasteiger partial charge in [-0.2, -0.15) is 5.10 Å². The summed E-state index contributed by atoms with van der Waals surface area (Å²) in [5.41, 5.74) is 2.78. The molecule has 2 aliphatic rings. The van der Waals surface area contributed by atoms with Gasteiger partial charge in [-0.1, -0.05) is 42.5 Å². The topological polar surface area (TPSA) is 119 Å². The summed E-state index contributed by atoms with van der Waals surface area (Å²) < 4.78 is 14.9. The van der Waals surface area contributed by atoms with Crippen LogP contribution in [0, 0.1) is 5.82 Å². The van der Waals surface area contributed by atoms with Crippen LogP contribution in [0.25, 0.3) is 10.8 Å². The first kappa shape index (κ1) is 27.3. The molecule has 1 aromatic heterocycles. The number of piperazine rings is 1. The second-order valence-corrected chi connectivity index (χ2v) is 10.5. The lowest BCUT2D eigenvalue weighted by molar-refractivity contribution is -0.120. The van der Waals surface area contributed by atoms with Gasteiger partial charge in [0.25, 0.3) is 11.5 Å². The molecule has 2 aliphatic heterocycles. The highest BCUT2D eigenvalue weighted by molar-refractivity contribution is 6.05. The molecule has 42 heavy (non-hydrogen) atoms. The van der Waals surface area contributed by atoms with E-state index in [0.717, 1.165) is 11.3 Å². The second-order valence-electron chi connectivity index (χ2n) is 10.5. The van der Waals surface area contributed by atoms with Crippen LogP contribution >= 0.6 is 0 Å². The number of fused-ring (bicyclic) bond motifs is 1. The lowest BCUT2D eigenvalue weighted by atomic mass is 10.0. The zero-order chi connectivity index (χ0) is 29.2. The van der Waals surface area contributed by atoms with Crippen LogP contribution < -0.4 is 15.8 Å². The molecule has 11 heteroatoms. The summed E-state index contributed by atoms with van der Waals surface area (Å²) in [6.45, 7) is 2.91. The molecule has 214 valence electrons. The SMILES string of the molecule is O=C1CCN(c2ccccc2CN2CCN(C(=O)c3cc(Cc4n[nH]c(=O)c5ccccc45)ccc3F)CC2)C(=O)N1. The molecule has 10 nitrogen and oxygen atoms in total. The summed E-state index contributed by atoms with van der Waals surface area (Å²) in [6.07, 6.45) is 0.574. The number of hydrogen-bond acceptors (Lipinski definition) is 6. The molecule has 0 spiro atoms. The van der Waals surface area contributed by atoms with Gasteiger partial charge < -0.3 is 4.90 Å². The number of nitrogens with zero attached hydrogens (tertiary/aromatic N) is 4. The van der Waals surface area contributed by atoms with Gasteiger partial charge in [0.2, 0.25) is 5.91 Å². The molecular weight excluding hydrogens is 539 g/mol. The first-order chi connectivity index (χ1) is 20.4. The van der Waals surface area contributed by atoms with E-state index in [-0.39, 0.29) is 29.4 Å². The Bertz CT molecular complexity index is 1750. The quantitative estimate of drug-likeness (QED) is 0.369. The average Bonchev–Trinajstić information content (AvgIpc) is 3.00. The van der Waals surface area contributed by atoms with Gasteiger partial charge in [-0.3, -0.25) is 29.5 Å². The first-order valence-electron chi connectivity index (χ1n) is 13.8. The molecule has 2 saturated heterocycles. The first-order valence-corrected chi connectivity index (χ1v) is 13.8. The molecule has 3 heterocycles. The zero-order valence-corrected chi connectivity index (χ0v) is 22.8. The predicted molar refractivity (Wildman–Crippen MR) is 155 cm³/mol. The minimum absolute atomic E-state index is 0.00526. The van der Waals surface area contributed by atoms with Crippen LogP contribution in [0.3, 0.4) is 0 Å². The van der Waals surface area contributed by atoms with Crippen molar-refractivity contribution in [3.63, 3.8) is 0 Å². The molecule has 2 fully saturated rings. The van der Waals surface area contributed by atoms with Gasteiger partial charge in [0.05, 0.1) is 16.6 Å².